The first kappa shape index (κ1) is 13.5. The molecule has 0 spiro atoms. The Morgan fingerprint density at radius 2 is 1.89 bits per heavy atom. The Balaban J connectivity index is 2.13. The summed E-state index contributed by atoms with van der Waals surface area (Å²) in [5.41, 5.74) is 7.01. The highest BCUT2D eigenvalue weighted by molar-refractivity contribution is 5.21. The van der Waals surface area contributed by atoms with Crippen molar-refractivity contribution in [2.45, 2.75) is 32.7 Å². The fourth-order valence-electron chi connectivity index (χ4n) is 2.66. The molecule has 1 aliphatic rings. The van der Waals surface area contributed by atoms with Crippen LogP contribution in [0.1, 0.15) is 38.3 Å². The van der Waals surface area contributed by atoms with E-state index in [4.69, 9.17) is 5.73 Å². The molecule has 2 rings (SSSR count). The summed E-state index contributed by atoms with van der Waals surface area (Å²) in [6.07, 6.45) is 2.30. The summed E-state index contributed by atoms with van der Waals surface area (Å²) < 4.78 is 13.9. The molecule has 2 N–H and O–H groups in total. The largest absolute Gasteiger partial charge is 0.329 e. The first-order valence-electron chi connectivity index (χ1n) is 6.72. The fourth-order valence-corrected chi connectivity index (χ4v) is 2.66. The van der Waals surface area contributed by atoms with E-state index in [0.29, 0.717) is 12.0 Å². The van der Waals surface area contributed by atoms with Crippen molar-refractivity contribution in [3.8, 4) is 0 Å². The van der Waals surface area contributed by atoms with E-state index in [-0.39, 0.29) is 11.9 Å². The second kappa shape index (κ2) is 5.37. The van der Waals surface area contributed by atoms with Gasteiger partial charge in [0.2, 0.25) is 0 Å². The predicted octanol–water partition coefficient (Wildman–Crippen LogP) is 2.95. The van der Waals surface area contributed by atoms with Crippen molar-refractivity contribution in [1.82, 2.24) is 4.90 Å². The molecular formula is C15H23FN2. The number of rotatable bonds is 3. The summed E-state index contributed by atoms with van der Waals surface area (Å²) in [7, 11) is 0. The normalized spacial score (nSPS) is 21.8. The van der Waals surface area contributed by atoms with Crippen LogP contribution in [0.5, 0.6) is 0 Å². The van der Waals surface area contributed by atoms with Crippen LogP contribution in [0.4, 0.5) is 4.39 Å². The number of nitrogens with zero attached hydrogens (tertiary/aromatic N) is 1. The summed E-state index contributed by atoms with van der Waals surface area (Å²) in [6.45, 7) is 7.07. The molecule has 0 aromatic heterocycles. The first-order valence-corrected chi connectivity index (χ1v) is 6.72. The molecule has 1 aliphatic heterocycles. The van der Waals surface area contributed by atoms with E-state index in [1.165, 1.54) is 6.07 Å². The van der Waals surface area contributed by atoms with Gasteiger partial charge in [-0.3, -0.25) is 4.90 Å². The summed E-state index contributed by atoms with van der Waals surface area (Å²) in [5, 5.41) is 0. The molecule has 0 amide bonds. The van der Waals surface area contributed by atoms with Gasteiger partial charge in [0.15, 0.2) is 0 Å². The smallest absolute Gasteiger partial charge is 0.128 e. The van der Waals surface area contributed by atoms with Crippen LogP contribution >= 0.6 is 0 Å². The zero-order chi connectivity index (χ0) is 13.2. The average Bonchev–Trinajstić information content (AvgIpc) is 2.34. The summed E-state index contributed by atoms with van der Waals surface area (Å²) in [4.78, 5) is 2.32. The standard InChI is InChI=1S/C15H23FN2/c1-15(2)7-9-18(10-8-15)14(11-17)12-5-3-4-6-13(12)16/h3-6,14H,7-11,17H2,1-2H3. The van der Waals surface area contributed by atoms with Gasteiger partial charge in [-0.25, -0.2) is 4.39 Å². The molecule has 1 fully saturated rings. The van der Waals surface area contributed by atoms with Crippen LogP contribution in [0.3, 0.4) is 0 Å². The molecule has 1 aromatic carbocycles. The summed E-state index contributed by atoms with van der Waals surface area (Å²) >= 11 is 0. The molecular weight excluding hydrogens is 227 g/mol. The van der Waals surface area contributed by atoms with Gasteiger partial charge in [-0.05, 0) is 37.4 Å². The van der Waals surface area contributed by atoms with Crippen LogP contribution in [-0.2, 0) is 0 Å². The van der Waals surface area contributed by atoms with Crippen molar-refractivity contribution in [2.24, 2.45) is 11.1 Å². The van der Waals surface area contributed by atoms with Gasteiger partial charge in [-0.15, -0.1) is 0 Å². The van der Waals surface area contributed by atoms with Crippen LogP contribution in [-0.4, -0.2) is 24.5 Å². The highest BCUT2D eigenvalue weighted by atomic mass is 19.1. The lowest BCUT2D eigenvalue weighted by Gasteiger charge is -2.41. The second-order valence-electron chi connectivity index (χ2n) is 5.97. The number of nitrogens with two attached hydrogens (primary N) is 1. The minimum absolute atomic E-state index is 0.0160. The van der Waals surface area contributed by atoms with E-state index < -0.39 is 0 Å². The van der Waals surface area contributed by atoms with Gasteiger partial charge in [0.1, 0.15) is 5.82 Å². The quantitative estimate of drug-likeness (QED) is 0.893. The van der Waals surface area contributed by atoms with Crippen molar-refractivity contribution in [1.29, 1.82) is 0 Å². The Morgan fingerprint density at radius 3 is 2.44 bits per heavy atom. The molecule has 1 aromatic rings. The zero-order valence-electron chi connectivity index (χ0n) is 11.3. The molecule has 2 nitrogen and oxygen atoms in total. The number of hydrogen-bond acceptors (Lipinski definition) is 2. The van der Waals surface area contributed by atoms with Gasteiger partial charge in [0.05, 0.1) is 0 Å². The lowest BCUT2D eigenvalue weighted by molar-refractivity contribution is 0.0949. The van der Waals surface area contributed by atoms with Crippen LogP contribution < -0.4 is 5.73 Å². The Labute approximate surface area is 109 Å². The van der Waals surface area contributed by atoms with Crippen molar-refractivity contribution < 1.29 is 4.39 Å². The molecule has 0 saturated carbocycles. The summed E-state index contributed by atoms with van der Waals surface area (Å²) in [5.74, 6) is -0.141. The van der Waals surface area contributed by atoms with Gasteiger partial charge in [-0.1, -0.05) is 32.0 Å². The van der Waals surface area contributed by atoms with Gasteiger partial charge in [-0.2, -0.15) is 0 Å². The lowest BCUT2D eigenvalue weighted by atomic mass is 9.82. The molecule has 0 aliphatic carbocycles. The monoisotopic (exact) mass is 250 g/mol. The van der Waals surface area contributed by atoms with Crippen LogP contribution in [0.25, 0.3) is 0 Å². The third-order valence-corrected chi connectivity index (χ3v) is 4.08. The number of likely N-dealkylation sites (tertiary alicyclic amines) is 1. The highest BCUT2D eigenvalue weighted by Gasteiger charge is 2.30. The number of piperidine rings is 1. The second-order valence-corrected chi connectivity index (χ2v) is 5.97. The van der Waals surface area contributed by atoms with Gasteiger partial charge >= 0.3 is 0 Å². The predicted molar refractivity (Wildman–Crippen MR) is 72.8 cm³/mol. The minimum Gasteiger partial charge on any atom is -0.329 e. The maximum atomic E-state index is 13.9. The third-order valence-electron chi connectivity index (χ3n) is 4.08. The molecule has 3 heteroatoms. The van der Waals surface area contributed by atoms with Crippen LogP contribution in [0, 0.1) is 11.2 Å². The Hall–Kier alpha value is -0.930. The third kappa shape index (κ3) is 2.90. The molecule has 18 heavy (non-hydrogen) atoms. The molecule has 1 saturated heterocycles. The van der Waals surface area contributed by atoms with Crippen molar-refractivity contribution in [2.75, 3.05) is 19.6 Å². The van der Waals surface area contributed by atoms with Gasteiger partial charge in [0.25, 0.3) is 0 Å². The lowest BCUT2D eigenvalue weighted by Crippen LogP contribution is -2.42. The van der Waals surface area contributed by atoms with Crippen molar-refractivity contribution in [3.05, 3.63) is 35.6 Å². The fraction of sp³-hybridized carbons (Fsp3) is 0.600. The van der Waals surface area contributed by atoms with E-state index in [0.717, 1.165) is 31.5 Å². The van der Waals surface area contributed by atoms with Gasteiger partial charge < -0.3 is 5.73 Å². The van der Waals surface area contributed by atoms with E-state index >= 15 is 0 Å². The maximum absolute atomic E-state index is 13.9. The van der Waals surface area contributed by atoms with Crippen LogP contribution in [0.15, 0.2) is 24.3 Å². The molecule has 1 heterocycles. The van der Waals surface area contributed by atoms with E-state index in [9.17, 15) is 4.39 Å². The van der Waals surface area contributed by atoms with E-state index in [1.54, 1.807) is 6.07 Å². The molecule has 1 atom stereocenters. The minimum atomic E-state index is -0.141. The molecule has 0 radical (unpaired) electrons. The molecule has 1 unspecified atom stereocenters. The first-order chi connectivity index (χ1) is 8.53. The Morgan fingerprint density at radius 1 is 1.28 bits per heavy atom. The molecule has 100 valence electrons. The summed E-state index contributed by atoms with van der Waals surface area (Å²) in [6, 6.07) is 7.00. The topological polar surface area (TPSA) is 29.3 Å². The number of benzene rings is 1. The van der Waals surface area contributed by atoms with Gasteiger partial charge in [0, 0.05) is 18.2 Å². The zero-order valence-corrected chi connectivity index (χ0v) is 11.3. The van der Waals surface area contributed by atoms with Crippen molar-refractivity contribution in [3.63, 3.8) is 0 Å². The highest BCUT2D eigenvalue weighted by Crippen LogP contribution is 2.34. The SMILES string of the molecule is CC1(C)CCN(C(CN)c2ccccc2F)CC1. The average molecular weight is 250 g/mol. The van der Waals surface area contributed by atoms with Crippen molar-refractivity contribution >= 4 is 0 Å². The van der Waals surface area contributed by atoms with E-state index in [1.807, 2.05) is 12.1 Å². The Kier molecular flexibility index (Phi) is 4.03. The number of halogens is 1. The van der Waals surface area contributed by atoms with Crippen LogP contribution in [0.2, 0.25) is 0 Å². The molecule has 0 bridgehead atoms. The maximum Gasteiger partial charge on any atom is 0.128 e. The Bertz CT molecular complexity index is 393. The number of hydrogen-bond donors (Lipinski definition) is 1. The van der Waals surface area contributed by atoms with E-state index in [2.05, 4.69) is 18.7 Å².